The maximum Gasteiger partial charge on any atom is 0.407 e. The molecule has 4 N–H and O–H groups in total. The largest absolute Gasteiger partial charge is 0.449 e. The Labute approximate surface area is 187 Å². The van der Waals surface area contributed by atoms with Crippen LogP contribution in [0.25, 0.3) is 0 Å². The Hall–Kier alpha value is -3.60. The number of nitriles is 2. The summed E-state index contributed by atoms with van der Waals surface area (Å²) < 4.78 is 5.09. The number of hydrogen-bond acceptors (Lipinski definition) is 7. The van der Waals surface area contributed by atoms with Gasteiger partial charge in [0.25, 0.3) is 5.56 Å². The second kappa shape index (κ2) is 16.1. The van der Waals surface area contributed by atoms with Crippen LogP contribution < -0.4 is 21.5 Å². The smallest absolute Gasteiger partial charge is 0.407 e. The molecule has 1 rings (SSSR count). The van der Waals surface area contributed by atoms with Gasteiger partial charge in [0.15, 0.2) is 0 Å². The number of rotatable bonds is 14. The van der Waals surface area contributed by atoms with E-state index in [1.807, 2.05) is 6.07 Å². The number of carbonyl (C=O) groups is 2. The van der Waals surface area contributed by atoms with Crippen molar-refractivity contribution in [3.05, 3.63) is 21.6 Å². The molecule has 0 spiro atoms. The van der Waals surface area contributed by atoms with Gasteiger partial charge in [0.05, 0.1) is 24.4 Å². The SMILES string of the molecule is Cc1nc(NC(=O)NCCCCC#N)[nH]c(=O)c1CCOC(=O)NCCCCCCC#N. The molecule has 0 aromatic carbocycles. The molecule has 1 heterocycles. The number of alkyl carbamates (subject to hydrolysis) is 1. The van der Waals surface area contributed by atoms with Crippen molar-refractivity contribution in [1.29, 1.82) is 10.5 Å². The van der Waals surface area contributed by atoms with E-state index < -0.39 is 17.7 Å². The Morgan fingerprint density at radius 1 is 1.00 bits per heavy atom. The lowest BCUT2D eigenvalue weighted by atomic mass is 10.1. The molecule has 32 heavy (non-hydrogen) atoms. The summed E-state index contributed by atoms with van der Waals surface area (Å²) in [7, 11) is 0. The molecule has 0 fully saturated rings. The molecule has 0 aliphatic heterocycles. The van der Waals surface area contributed by atoms with Crippen LogP contribution in [0.5, 0.6) is 0 Å². The lowest BCUT2D eigenvalue weighted by Gasteiger charge is -2.10. The highest BCUT2D eigenvalue weighted by Crippen LogP contribution is 2.04. The van der Waals surface area contributed by atoms with Crippen LogP contribution in [-0.4, -0.2) is 41.8 Å². The lowest BCUT2D eigenvalue weighted by molar-refractivity contribution is 0.147. The number of hydrogen-bond donors (Lipinski definition) is 4. The molecule has 1 aromatic rings. The lowest BCUT2D eigenvalue weighted by Crippen LogP contribution is -2.32. The number of urea groups is 1. The van der Waals surface area contributed by atoms with Gasteiger partial charge in [-0.15, -0.1) is 0 Å². The summed E-state index contributed by atoms with van der Waals surface area (Å²) in [6.07, 6.45) is 5.58. The van der Waals surface area contributed by atoms with Gasteiger partial charge in [-0.2, -0.15) is 10.5 Å². The van der Waals surface area contributed by atoms with Crippen LogP contribution in [0.1, 0.15) is 62.6 Å². The Bertz CT molecular complexity index is 870. The highest BCUT2D eigenvalue weighted by Gasteiger charge is 2.11. The predicted octanol–water partition coefficient (Wildman–Crippen LogP) is 2.64. The molecule has 0 radical (unpaired) electrons. The van der Waals surface area contributed by atoms with E-state index in [0.29, 0.717) is 50.0 Å². The maximum atomic E-state index is 12.3. The third kappa shape index (κ3) is 11.6. The molecule has 0 unspecified atom stereocenters. The summed E-state index contributed by atoms with van der Waals surface area (Å²) in [4.78, 5) is 42.5. The van der Waals surface area contributed by atoms with Crippen molar-refractivity contribution < 1.29 is 14.3 Å². The van der Waals surface area contributed by atoms with Crippen LogP contribution in [0.2, 0.25) is 0 Å². The zero-order valence-electron chi connectivity index (χ0n) is 18.5. The van der Waals surface area contributed by atoms with Crippen molar-refractivity contribution in [2.24, 2.45) is 0 Å². The van der Waals surface area contributed by atoms with E-state index in [2.05, 4.69) is 32.0 Å². The van der Waals surface area contributed by atoms with Crippen molar-refractivity contribution in [2.45, 2.75) is 64.7 Å². The molecule has 1 aromatic heterocycles. The number of nitrogens with one attached hydrogen (secondary N) is 4. The van der Waals surface area contributed by atoms with Gasteiger partial charge >= 0.3 is 12.1 Å². The fourth-order valence-electron chi connectivity index (χ4n) is 2.82. The van der Waals surface area contributed by atoms with Crippen LogP contribution in [0.4, 0.5) is 15.5 Å². The van der Waals surface area contributed by atoms with Crippen LogP contribution in [0.15, 0.2) is 4.79 Å². The Kier molecular flexibility index (Phi) is 13.3. The first kappa shape index (κ1) is 26.4. The van der Waals surface area contributed by atoms with Crippen molar-refractivity contribution >= 4 is 18.1 Å². The molecular weight excluding hydrogens is 414 g/mol. The van der Waals surface area contributed by atoms with Crippen LogP contribution in [0, 0.1) is 29.6 Å². The zero-order chi connectivity index (χ0) is 23.6. The number of anilines is 1. The third-order valence-electron chi connectivity index (χ3n) is 4.53. The fraction of sp³-hybridized carbons (Fsp3) is 0.619. The van der Waals surface area contributed by atoms with E-state index in [0.717, 1.165) is 25.7 Å². The molecule has 0 bridgehead atoms. The van der Waals surface area contributed by atoms with E-state index in [9.17, 15) is 14.4 Å². The van der Waals surface area contributed by atoms with Gasteiger partial charge in [0, 0.05) is 37.9 Å². The highest BCUT2D eigenvalue weighted by molar-refractivity contribution is 5.87. The molecule has 3 amide bonds. The number of aryl methyl sites for hydroxylation is 1. The monoisotopic (exact) mass is 445 g/mol. The maximum absolute atomic E-state index is 12.3. The first-order chi connectivity index (χ1) is 15.5. The van der Waals surface area contributed by atoms with Gasteiger partial charge in [-0.3, -0.25) is 15.1 Å². The summed E-state index contributed by atoms with van der Waals surface area (Å²) >= 11 is 0. The number of carbonyl (C=O) groups excluding carboxylic acids is 2. The number of nitrogens with zero attached hydrogens (tertiary/aromatic N) is 3. The summed E-state index contributed by atoms with van der Waals surface area (Å²) in [5.74, 6) is 0.0270. The van der Waals surface area contributed by atoms with Gasteiger partial charge in [-0.1, -0.05) is 12.8 Å². The van der Waals surface area contributed by atoms with Gasteiger partial charge in [0.2, 0.25) is 5.95 Å². The Morgan fingerprint density at radius 2 is 1.62 bits per heavy atom. The van der Waals surface area contributed by atoms with Crippen LogP contribution in [-0.2, 0) is 11.2 Å². The van der Waals surface area contributed by atoms with E-state index in [-0.39, 0.29) is 19.0 Å². The van der Waals surface area contributed by atoms with Gasteiger partial charge in [0.1, 0.15) is 0 Å². The Balaban J connectivity index is 2.33. The molecule has 11 heteroatoms. The number of aromatic nitrogens is 2. The van der Waals surface area contributed by atoms with Crippen molar-refractivity contribution in [1.82, 2.24) is 20.6 Å². The molecule has 174 valence electrons. The summed E-state index contributed by atoms with van der Waals surface area (Å²) in [5.41, 5.74) is 0.389. The summed E-state index contributed by atoms with van der Waals surface area (Å²) in [5, 5.41) is 24.7. The molecule has 0 atom stereocenters. The standard InChI is InChI=1S/C21H31N7O4/c1-16-17(10-15-32-21(31)25-14-8-4-2-3-6-11-22)18(29)27-19(26-16)28-20(30)24-13-9-5-7-12-23/h2-10,13-15H2,1H3,(H,25,31)(H3,24,26,27,28,29,30). The molecule has 0 saturated heterocycles. The minimum atomic E-state index is -0.547. The number of unbranched alkanes of at least 4 members (excludes halogenated alkanes) is 6. The molecule has 11 nitrogen and oxygen atoms in total. The second-order valence-corrected chi connectivity index (χ2v) is 7.11. The van der Waals surface area contributed by atoms with Gasteiger partial charge in [-0.25, -0.2) is 14.6 Å². The molecule has 0 aliphatic carbocycles. The van der Waals surface area contributed by atoms with Crippen LogP contribution >= 0.6 is 0 Å². The number of aromatic amines is 1. The predicted molar refractivity (Wildman–Crippen MR) is 118 cm³/mol. The second-order valence-electron chi connectivity index (χ2n) is 7.11. The molecule has 0 saturated carbocycles. The Morgan fingerprint density at radius 3 is 2.31 bits per heavy atom. The average Bonchev–Trinajstić information content (AvgIpc) is 2.75. The number of H-pyrrole nitrogens is 1. The van der Waals surface area contributed by atoms with E-state index in [1.165, 1.54) is 0 Å². The zero-order valence-corrected chi connectivity index (χ0v) is 18.5. The van der Waals surface area contributed by atoms with E-state index in [1.54, 1.807) is 6.92 Å². The highest BCUT2D eigenvalue weighted by atomic mass is 16.5. The molecular formula is C21H31N7O4. The minimum absolute atomic E-state index is 0.0234. The average molecular weight is 446 g/mol. The van der Waals surface area contributed by atoms with Gasteiger partial charge < -0.3 is 15.4 Å². The normalized spacial score (nSPS) is 9.97. The topological polar surface area (TPSA) is 173 Å². The minimum Gasteiger partial charge on any atom is -0.449 e. The first-order valence-corrected chi connectivity index (χ1v) is 10.8. The fourth-order valence-corrected chi connectivity index (χ4v) is 2.82. The van der Waals surface area contributed by atoms with E-state index >= 15 is 0 Å². The van der Waals surface area contributed by atoms with Crippen LogP contribution in [0.3, 0.4) is 0 Å². The third-order valence-corrected chi connectivity index (χ3v) is 4.53. The molecule has 0 aliphatic rings. The van der Waals surface area contributed by atoms with Gasteiger partial charge in [-0.05, 0) is 32.6 Å². The van der Waals surface area contributed by atoms with E-state index in [4.69, 9.17) is 15.3 Å². The number of amides is 3. The van der Waals surface area contributed by atoms with Crippen molar-refractivity contribution in [2.75, 3.05) is 25.0 Å². The number of ether oxygens (including phenoxy) is 1. The first-order valence-electron chi connectivity index (χ1n) is 10.8. The van der Waals surface area contributed by atoms with Crippen molar-refractivity contribution in [3.63, 3.8) is 0 Å². The summed E-state index contributed by atoms with van der Waals surface area (Å²) in [6, 6.07) is 3.63. The summed E-state index contributed by atoms with van der Waals surface area (Å²) in [6.45, 7) is 2.57. The van der Waals surface area contributed by atoms with Crippen molar-refractivity contribution in [3.8, 4) is 12.1 Å². The quantitative estimate of drug-likeness (QED) is 0.318.